The molecule has 12 unspecified atom stereocenters. The minimum absolute atomic E-state index is 0.234. The molecule has 2 fully saturated rings. The highest BCUT2D eigenvalue weighted by atomic mass is 16.7. The third-order valence-electron chi connectivity index (χ3n) is 18.6. The van der Waals surface area contributed by atoms with E-state index in [9.17, 15) is 45.6 Å². The number of unbranched alkanes of at least 4 members (excludes halogenated alkanes) is 41. The van der Waals surface area contributed by atoms with Crippen LogP contribution in [0.15, 0.2) is 72.9 Å². The fraction of sp³-hybridized carbons (Fsp3) is 0.835. The fourth-order valence-corrected chi connectivity index (χ4v) is 12.6. The second-order valence-electron chi connectivity index (χ2n) is 27.1. The summed E-state index contributed by atoms with van der Waals surface area (Å²) in [5.41, 5.74) is 0. The molecule has 0 saturated carbocycles. The molecule has 2 heterocycles. The highest BCUT2D eigenvalue weighted by Gasteiger charge is 2.51. The maximum Gasteiger partial charge on any atom is 0.220 e. The van der Waals surface area contributed by atoms with Crippen molar-refractivity contribution in [3.8, 4) is 0 Å². The number of aliphatic hydroxyl groups is 8. The zero-order valence-corrected chi connectivity index (χ0v) is 59.2. The molecule has 14 nitrogen and oxygen atoms in total. The molecule has 0 aliphatic carbocycles. The van der Waals surface area contributed by atoms with Gasteiger partial charge in [0.25, 0.3) is 0 Å². The SMILES string of the molecule is CC/C=C\C/C=C\C/C=C\C/C=C\C/C=C\CCCCCCCCCCCCCCCCCCCCCCCCCCCC(=O)NC(COC1OC(CO)C(OC2OC(CO)C(O)C(O)C2O)C(O)C1O)C(O)/C=C/CCCCCCCCCCCCCCCCCC. The third-order valence-corrected chi connectivity index (χ3v) is 18.6. The van der Waals surface area contributed by atoms with Crippen LogP contribution < -0.4 is 5.32 Å². The van der Waals surface area contributed by atoms with E-state index in [-0.39, 0.29) is 18.9 Å². The highest BCUT2D eigenvalue weighted by molar-refractivity contribution is 5.76. The summed E-state index contributed by atoms with van der Waals surface area (Å²) in [5, 5.41) is 87.5. The molecule has 0 radical (unpaired) electrons. The Labute approximate surface area is 568 Å². The molecule has 14 heteroatoms. The molecule has 0 bridgehead atoms. The van der Waals surface area contributed by atoms with Gasteiger partial charge in [0.15, 0.2) is 12.6 Å². The van der Waals surface area contributed by atoms with E-state index in [1.165, 1.54) is 231 Å². The van der Waals surface area contributed by atoms with Crippen LogP contribution in [0.4, 0.5) is 0 Å². The molecular weight excluding hydrogens is 1170 g/mol. The topological polar surface area (TPSA) is 228 Å². The van der Waals surface area contributed by atoms with Crippen molar-refractivity contribution in [3.05, 3.63) is 72.9 Å². The number of hydrogen-bond donors (Lipinski definition) is 9. The zero-order valence-electron chi connectivity index (χ0n) is 59.2. The van der Waals surface area contributed by atoms with E-state index in [1.54, 1.807) is 6.08 Å². The molecule has 0 aromatic heterocycles. The lowest BCUT2D eigenvalue weighted by atomic mass is 9.97. The van der Waals surface area contributed by atoms with E-state index in [4.69, 9.17) is 18.9 Å². The lowest BCUT2D eigenvalue weighted by Gasteiger charge is -2.46. The lowest BCUT2D eigenvalue weighted by molar-refractivity contribution is -0.359. The van der Waals surface area contributed by atoms with Gasteiger partial charge in [0.2, 0.25) is 5.91 Å². The molecule has 93 heavy (non-hydrogen) atoms. The maximum absolute atomic E-state index is 13.4. The van der Waals surface area contributed by atoms with Gasteiger partial charge in [-0.3, -0.25) is 4.79 Å². The quantitative estimate of drug-likeness (QED) is 0.0204. The Morgan fingerprint density at radius 1 is 0.398 bits per heavy atom. The summed E-state index contributed by atoms with van der Waals surface area (Å²) >= 11 is 0. The predicted molar refractivity (Wildman–Crippen MR) is 383 cm³/mol. The molecule has 9 N–H and O–H groups in total. The molecule has 0 spiro atoms. The van der Waals surface area contributed by atoms with E-state index in [0.29, 0.717) is 6.42 Å². The van der Waals surface area contributed by atoms with Gasteiger partial charge >= 0.3 is 0 Å². The Balaban J connectivity index is 1.56. The van der Waals surface area contributed by atoms with Crippen LogP contribution in [0.1, 0.15) is 328 Å². The normalized spacial score (nSPS) is 22.9. The maximum atomic E-state index is 13.4. The number of hydrogen-bond acceptors (Lipinski definition) is 13. The second-order valence-corrected chi connectivity index (χ2v) is 27.1. The standard InChI is InChI=1S/C79H143NO13/c1-3-5-7-9-11-13-15-17-19-21-23-24-25-26-27-28-29-30-31-32-33-34-35-36-37-38-39-40-41-42-43-44-45-47-49-51-53-55-57-59-61-63-71(84)80-67(68(83)62-60-58-56-54-52-50-48-46-22-20-18-16-14-12-10-8-6-4-2)66-90-78-76(89)74(87)77(70(65-82)92-78)93-79-75(88)73(86)72(85)69(64-81)91-79/h5,7,11,13,17,19,23-24,26-27,60,62,67-70,72-79,81-83,85-89H,3-4,6,8-10,12,14-16,18,20-22,25,28-59,61,63-66H2,1-2H3,(H,80,84)/b7-5-,13-11-,19-17-,24-23-,27-26-,62-60+. The first-order valence-corrected chi connectivity index (χ1v) is 38.7. The minimum atomic E-state index is -1.79. The summed E-state index contributed by atoms with van der Waals surface area (Å²) in [7, 11) is 0. The van der Waals surface area contributed by atoms with Gasteiger partial charge in [-0.05, 0) is 64.2 Å². The average molecular weight is 1320 g/mol. The fourth-order valence-electron chi connectivity index (χ4n) is 12.6. The predicted octanol–water partition coefficient (Wildman–Crippen LogP) is 17.0. The van der Waals surface area contributed by atoms with Crippen LogP contribution in [-0.4, -0.2) is 140 Å². The van der Waals surface area contributed by atoms with E-state index in [2.05, 4.69) is 79.9 Å². The summed E-state index contributed by atoms with van der Waals surface area (Å²) in [6.07, 6.45) is 69.9. The number of amides is 1. The first-order chi connectivity index (χ1) is 45.6. The Morgan fingerprint density at radius 3 is 1.14 bits per heavy atom. The Kier molecular flexibility index (Phi) is 58.5. The molecule has 2 aliphatic heterocycles. The minimum Gasteiger partial charge on any atom is -0.394 e. The average Bonchev–Trinajstić information content (AvgIpc) is 0.958. The molecule has 0 aromatic carbocycles. The third kappa shape index (κ3) is 46.4. The van der Waals surface area contributed by atoms with Gasteiger partial charge in [-0.15, -0.1) is 0 Å². The van der Waals surface area contributed by atoms with Crippen LogP contribution >= 0.6 is 0 Å². The van der Waals surface area contributed by atoms with E-state index in [0.717, 1.165) is 70.6 Å². The van der Waals surface area contributed by atoms with Crippen molar-refractivity contribution in [3.63, 3.8) is 0 Å². The van der Waals surface area contributed by atoms with Gasteiger partial charge in [-0.25, -0.2) is 0 Å². The second kappa shape index (κ2) is 62.9. The van der Waals surface area contributed by atoms with Crippen molar-refractivity contribution in [2.75, 3.05) is 19.8 Å². The van der Waals surface area contributed by atoms with Crippen LogP contribution in [0, 0.1) is 0 Å². The molecular formula is C79H143NO13. The smallest absolute Gasteiger partial charge is 0.220 e. The molecule has 542 valence electrons. The Hall–Kier alpha value is -2.57. The monoisotopic (exact) mass is 1310 g/mol. The van der Waals surface area contributed by atoms with Gasteiger partial charge in [0, 0.05) is 6.42 Å². The van der Waals surface area contributed by atoms with Crippen LogP contribution in [0.25, 0.3) is 0 Å². The van der Waals surface area contributed by atoms with Crippen molar-refractivity contribution in [1.82, 2.24) is 5.32 Å². The van der Waals surface area contributed by atoms with Gasteiger partial charge < -0.3 is 65.1 Å². The number of carbonyl (C=O) groups excluding carboxylic acids is 1. The van der Waals surface area contributed by atoms with Crippen LogP contribution in [0.3, 0.4) is 0 Å². The number of rotatable bonds is 64. The first kappa shape index (κ1) is 86.5. The summed E-state index contributed by atoms with van der Waals surface area (Å²) in [4.78, 5) is 13.4. The number of ether oxygens (including phenoxy) is 4. The highest BCUT2D eigenvalue weighted by Crippen LogP contribution is 2.30. The van der Waals surface area contributed by atoms with Gasteiger partial charge in [0.1, 0.15) is 48.8 Å². The number of allylic oxidation sites excluding steroid dienone is 11. The Morgan fingerprint density at radius 2 is 0.742 bits per heavy atom. The van der Waals surface area contributed by atoms with Crippen molar-refractivity contribution >= 4 is 5.91 Å². The lowest BCUT2D eigenvalue weighted by Crippen LogP contribution is -2.65. The first-order valence-electron chi connectivity index (χ1n) is 38.7. The van der Waals surface area contributed by atoms with E-state index in [1.807, 2.05) is 6.08 Å². The Bertz CT molecular complexity index is 1840. The van der Waals surface area contributed by atoms with Crippen molar-refractivity contribution < 1.29 is 64.6 Å². The summed E-state index contributed by atoms with van der Waals surface area (Å²) in [6.45, 7) is 2.72. The van der Waals surface area contributed by atoms with Crippen LogP contribution in [0.5, 0.6) is 0 Å². The number of aliphatic hydroxyl groups excluding tert-OH is 8. The zero-order chi connectivity index (χ0) is 67.3. The molecule has 0 aromatic rings. The van der Waals surface area contributed by atoms with Gasteiger partial charge in [-0.2, -0.15) is 0 Å². The summed E-state index contributed by atoms with van der Waals surface area (Å²) in [6, 6.07) is -0.915. The van der Waals surface area contributed by atoms with Crippen molar-refractivity contribution in [1.29, 1.82) is 0 Å². The van der Waals surface area contributed by atoms with E-state index < -0.39 is 86.8 Å². The molecule has 2 rings (SSSR count). The number of carbonyl (C=O) groups is 1. The summed E-state index contributed by atoms with van der Waals surface area (Å²) < 4.78 is 22.9. The van der Waals surface area contributed by atoms with Crippen LogP contribution in [0.2, 0.25) is 0 Å². The molecule has 2 saturated heterocycles. The van der Waals surface area contributed by atoms with Crippen LogP contribution in [-0.2, 0) is 23.7 Å². The molecule has 12 atom stereocenters. The summed E-state index contributed by atoms with van der Waals surface area (Å²) in [5.74, 6) is -0.234. The van der Waals surface area contributed by atoms with Gasteiger partial charge in [-0.1, -0.05) is 331 Å². The van der Waals surface area contributed by atoms with Crippen molar-refractivity contribution in [2.45, 2.75) is 402 Å². The number of nitrogens with one attached hydrogen (secondary N) is 1. The largest absolute Gasteiger partial charge is 0.394 e. The van der Waals surface area contributed by atoms with E-state index >= 15 is 0 Å². The molecule has 1 amide bonds. The van der Waals surface area contributed by atoms with Crippen molar-refractivity contribution in [2.24, 2.45) is 0 Å². The van der Waals surface area contributed by atoms with Gasteiger partial charge in [0.05, 0.1) is 32.0 Å². The molecule has 2 aliphatic rings.